The van der Waals surface area contributed by atoms with E-state index in [9.17, 15) is 0 Å². The molecule has 2 nitrogen and oxygen atoms in total. The van der Waals surface area contributed by atoms with Gasteiger partial charge in [-0.15, -0.1) is 0 Å². The van der Waals surface area contributed by atoms with Crippen LogP contribution in [0.15, 0.2) is 30.5 Å². The van der Waals surface area contributed by atoms with Crippen molar-refractivity contribution in [1.29, 1.82) is 0 Å². The number of nitrogens with one attached hydrogen (secondary N) is 1. The minimum absolute atomic E-state index is 0.649. The second-order valence-corrected chi connectivity index (χ2v) is 4.17. The van der Waals surface area contributed by atoms with Gasteiger partial charge < -0.3 is 5.32 Å². The van der Waals surface area contributed by atoms with Crippen molar-refractivity contribution in [2.45, 2.75) is 38.8 Å². The highest BCUT2D eigenvalue weighted by atomic mass is 14.9. The van der Waals surface area contributed by atoms with Gasteiger partial charge in [-0.05, 0) is 37.8 Å². The molecular weight excluding hydrogens is 184 g/mol. The Morgan fingerprint density at radius 1 is 1.40 bits per heavy atom. The van der Waals surface area contributed by atoms with Crippen LogP contribution in [0.3, 0.4) is 0 Å². The number of allylic oxidation sites excluding steroid dienone is 1. The van der Waals surface area contributed by atoms with E-state index in [0.29, 0.717) is 6.04 Å². The third-order valence-corrected chi connectivity index (χ3v) is 2.84. The molecule has 1 N–H and O–H groups in total. The molecule has 0 radical (unpaired) electrons. The first-order chi connectivity index (χ1) is 7.34. The van der Waals surface area contributed by atoms with E-state index in [0.717, 1.165) is 12.2 Å². The van der Waals surface area contributed by atoms with Crippen LogP contribution in [0.2, 0.25) is 0 Å². The first-order valence-corrected chi connectivity index (χ1v) is 5.64. The maximum atomic E-state index is 4.29. The van der Waals surface area contributed by atoms with Crippen LogP contribution in [-0.4, -0.2) is 11.0 Å². The Balaban J connectivity index is 1.82. The minimum Gasteiger partial charge on any atom is -0.310 e. The minimum atomic E-state index is 0.649. The summed E-state index contributed by atoms with van der Waals surface area (Å²) < 4.78 is 0. The monoisotopic (exact) mass is 202 g/mol. The SMILES string of the molecule is Cc1ccc(CNC2CC=CCC2)cn1. The molecule has 15 heavy (non-hydrogen) atoms. The molecule has 1 aliphatic rings. The van der Waals surface area contributed by atoms with Gasteiger partial charge in [0.25, 0.3) is 0 Å². The number of nitrogens with zero attached hydrogens (tertiary/aromatic N) is 1. The fourth-order valence-corrected chi connectivity index (χ4v) is 1.84. The van der Waals surface area contributed by atoms with E-state index in [2.05, 4.69) is 34.6 Å². The molecule has 0 bridgehead atoms. The van der Waals surface area contributed by atoms with Gasteiger partial charge in [-0.25, -0.2) is 0 Å². The molecule has 80 valence electrons. The van der Waals surface area contributed by atoms with Gasteiger partial charge in [-0.3, -0.25) is 4.98 Å². The van der Waals surface area contributed by atoms with Crippen LogP contribution in [0.5, 0.6) is 0 Å². The van der Waals surface area contributed by atoms with Crippen LogP contribution in [-0.2, 0) is 6.54 Å². The number of rotatable bonds is 3. The lowest BCUT2D eigenvalue weighted by atomic mass is 10.0. The van der Waals surface area contributed by atoms with E-state index in [-0.39, 0.29) is 0 Å². The molecule has 0 saturated carbocycles. The standard InChI is InChI=1S/C13H18N2/c1-11-7-8-12(9-14-11)10-15-13-5-3-2-4-6-13/h2-3,7-9,13,15H,4-6,10H2,1H3. The summed E-state index contributed by atoms with van der Waals surface area (Å²) in [6, 6.07) is 4.86. The Bertz CT molecular complexity index is 327. The van der Waals surface area contributed by atoms with E-state index in [1.54, 1.807) is 0 Å². The quantitative estimate of drug-likeness (QED) is 0.762. The second kappa shape index (κ2) is 5.08. The van der Waals surface area contributed by atoms with Crippen molar-refractivity contribution in [1.82, 2.24) is 10.3 Å². The number of aryl methyl sites for hydroxylation is 1. The summed E-state index contributed by atoms with van der Waals surface area (Å²) in [6.45, 7) is 2.95. The third kappa shape index (κ3) is 3.17. The van der Waals surface area contributed by atoms with Gasteiger partial charge in [-0.1, -0.05) is 18.2 Å². The van der Waals surface area contributed by atoms with Gasteiger partial charge in [0.05, 0.1) is 0 Å². The maximum absolute atomic E-state index is 4.29. The Hall–Kier alpha value is -1.15. The van der Waals surface area contributed by atoms with Gasteiger partial charge in [0.15, 0.2) is 0 Å². The predicted octanol–water partition coefficient (Wildman–Crippen LogP) is 2.59. The van der Waals surface area contributed by atoms with E-state index in [1.807, 2.05) is 13.1 Å². The van der Waals surface area contributed by atoms with Gasteiger partial charge in [0, 0.05) is 24.5 Å². The Kier molecular flexibility index (Phi) is 3.51. The summed E-state index contributed by atoms with van der Waals surface area (Å²) >= 11 is 0. The molecule has 0 amide bonds. The Morgan fingerprint density at radius 3 is 3.00 bits per heavy atom. The molecule has 0 spiro atoms. The lowest BCUT2D eigenvalue weighted by Gasteiger charge is -2.19. The second-order valence-electron chi connectivity index (χ2n) is 4.17. The topological polar surface area (TPSA) is 24.9 Å². The molecule has 0 saturated heterocycles. The Morgan fingerprint density at radius 2 is 2.33 bits per heavy atom. The molecular formula is C13H18N2. The van der Waals surface area contributed by atoms with Crippen LogP contribution < -0.4 is 5.32 Å². The summed E-state index contributed by atoms with van der Waals surface area (Å²) in [7, 11) is 0. The molecule has 0 aliphatic heterocycles. The fourth-order valence-electron chi connectivity index (χ4n) is 1.84. The third-order valence-electron chi connectivity index (χ3n) is 2.84. The van der Waals surface area contributed by atoms with E-state index < -0.39 is 0 Å². The largest absolute Gasteiger partial charge is 0.310 e. The van der Waals surface area contributed by atoms with Gasteiger partial charge in [-0.2, -0.15) is 0 Å². The molecule has 2 rings (SSSR count). The van der Waals surface area contributed by atoms with Gasteiger partial charge in [0.2, 0.25) is 0 Å². The summed E-state index contributed by atoms with van der Waals surface area (Å²) in [5.74, 6) is 0. The number of aromatic nitrogens is 1. The molecule has 1 atom stereocenters. The van der Waals surface area contributed by atoms with Crippen molar-refractivity contribution in [3.63, 3.8) is 0 Å². The summed E-state index contributed by atoms with van der Waals surface area (Å²) in [5.41, 5.74) is 2.36. The predicted molar refractivity (Wildman–Crippen MR) is 62.6 cm³/mol. The molecule has 0 fully saturated rings. The zero-order valence-corrected chi connectivity index (χ0v) is 9.24. The molecule has 1 aromatic rings. The number of hydrogen-bond donors (Lipinski definition) is 1. The number of hydrogen-bond acceptors (Lipinski definition) is 2. The molecule has 2 heteroatoms. The highest BCUT2D eigenvalue weighted by Crippen LogP contribution is 2.11. The number of pyridine rings is 1. The normalized spacial score (nSPS) is 20.5. The first kappa shape index (κ1) is 10.4. The van der Waals surface area contributed by atoms with Crippen molar-refractivity contribution in [3.05, 3.63) is 41.7 Å². The van der Waals surface area contributed by atoms with Crippen LogP contribution in [0.4, 0.5) is 0 Å². The van der Waals surface area contributed by atoms with Crippen molar-refractivity contribution in [3.8, 4) is 0 Å². The smallest absolute Gasteiger partial charge is 0.0372 e. The highest BCUT2D eigenvalue weighted by Gasteiger charge is 2.08. The lowest BCUT2D eigenvalue weighted by molar-refractivity contribution is 0.474. The lowest BCUT2D eigenvalue weighted by Crippen LogP contribution is -2.29. The maximum Gasteiger partial charge on any atom is 0.0372 e. The molecule has 0 aromatic carbocycles. The first-order valence-electron chi connectivity index (χ1n) is 5.64. The average molecular weight is 202 g/mol. The average Bonchev–Trinajstić information content (AvgIpc) is 2.30. The van der Waals surface area contributed by atoms with Crippen LogP contribution in [0.25, 0.3) is 0 Å². The van der Waals surface area contributed by atoms with Crippen molar-refractivity contribution < 1.29 is 0 Å². The zero-order valence-electron chi connectivity index (χ0n) is 9.24. The van der Waals surface area contributed by atoms with Gasteiger partial charge in [0.1, 0.15) is 0 Å². The highest BCUT2D eigenvalue weighted by molar-refractivity contribution is 5.13. The van der Waals surface area contributed by atoms with Crippen molar-refractivity contribution >= 4 is 0 Å². The molecule has 1 unspecified atom stereocenters. The van der Waals surface area contributed by atoms with Crippen molar-refractivity contribution in [2.24, 2.45) is 0 Å². The zero-order chi connectivity index (χ0) is 10.5. The Labute approximate surface area is 91.4 Å². The molecule has 1 aromatic heterocycles. The summed E-state index contributed by atoms with van der Waals surface area (Å²) in [4.78, 5) is 4.29. The molecule has 1 aliphatic carbocycles. The van der Waals surface area contributed by atoms with Gasteiger partial charge >= 0.3 is 0 Å². The van der Waals surface area contributed by atoms with E-state index >= 15 is 0 Å². The van der Waals surface area contributed by atoms with Crippen LogP contribution in [0, 0.1) is 6.92 Å². The summed E-state index contributed by atoms with van der Waals surface area (Å²) in [5, 5.41) is 3.57. The van der Waals surface area contributed by atoms with E-state index in [1.165, 1.54) is 24.8 Å². The summed E-state index contributed by atoms with van der Waals surface area (Å²) in [6.07, 6.45) is 10.1. The van der Waals surface area contributed by atoms with E-state index in [4.69, 9.17) is 0 Å². The van der Waals surface area contributed by atoms with Crippen LogP contribution in [0.1, 0.15) is 30.5 Å². The fraction of sp³-hybridized carbons (Fsp3) is 0.462. The van der Waals surface area contributed by atoms with Crippen LogP contribution >= 0.6 is 0 Å². The van der Waals surface area contributed by atoms with Crippen molar-refractivity contribution in [2.75, 3.05) is 0 Å². The molecule has 1 heterocycles.